The summed E-state index contributed by atoms with van der Waals surface area (Å²) in [5.74, 6) is 5.86. The number of aliphatic hydroxyl groups is 1. The number of carbonyl (C=O) groups is 1. The van der Waals surface area contributed by atoms with Crippen molar-refractivity contribution in [3.8, 4) is 11.8 Å². The quantitative estimate of drug-likeness (QED) is 0.842. The van der Waals surface area contributed by atoms with Crippen molar-refractivity contribution >= 4 is 17.2 Å². The summed E-state index contributed by atoms with van der Waals surface area (Å²) in [6, 6.07) is 2.08. The van der Waals surface area contributed by atoms with E-state index in [9.17, 15) is 4.79 Å². The van der Waals surface area contributed by atoms with E-state index in [0.29, 0.717) is 12.0 Å². The fourth-order valence-corrected chi connectivity index (χ4v) is 2.48. The summed E-state index contributed by atoms with van der Waals surface area (Å²) >= 11 is 1.47. The second-order valence-corrected chi connectivity index (χ2v) is 5.44. The summed E-state index contributed by atoms with van der Waals surface area (Å²) in [5, 5.41) is 10.5. The lowest BCUT2D eigenvalue weighted by Crippen LogP contribution is -2.34. The minimum Gasteiger partial charge on any atom is -0.395 e. The summed E-state index contributed by atoms with van der Waals surface area (Å²) in [7, 11) is 1.84. The number of aliphatic hydroxyl groups excluding tert-OH is 1. The Labute approximate surface area is 119 Å². The van der Waals surface area contributed by atoms with E-state index in [4.69, 9.17) is 5.11 Å². The van der Waals surface area contributed by atoms with E-state index in [2.05, 4.69) is 25.7 Å². The number of thiophene rings is 1. The van der Waals surface area contributed by atoms with Gasteiger partial charge >= 0.3 is 0 Å². The van der Waals surface area contributed by atoms with Crippen molar-refractivity contribution in [3.05, 3.63) is 21.9 Å². The van der Waals surface area contributed by atoms with Gasteiger partial charge in [-0.05, 0) is 19.4 Å². The average Bonchev–Trinajstić information content (AvgIpc) is 2.86. The summed E-state index contributed by atoms with van der Waals surface area (Å²) < 4.78 is 0. The zero-order chi connectivity index (χ0) is 14.3. The standard InChI is InChI=1S/C15H21NO2S/c1-4-7-12(2)16(3)15(18)13-10-14(19-11-13)8-5-6-9-17/h10-12,17H,4,6-7,9H2,1-3H3. The third kappa shape index (κ3) is 4.70. The van der Waals surface area contributed by atoms with Crippen LogP contribution in [0.2, 0.25) is 0 Å². The number of nitrogens with zero attached hydrogens (tertiary/aromatic N) is 1. The molecule has 104 valence electrons. The van der Waals surface area contributed by atoms with Crippen molar-refractivity contribution in [3.63, 3.8) is 0 Å². The molecule has 1 heterocycles. The summed E-state index contributed by atoms with van der Waals surface area (Å²) in [6.07, 6.45) is 2.55. The van der Waals surface area contributed by atoms with E-state index in [1.807, 2.05) is 18.5 Å². The maximum Gasteiger partial charge on any atom is 0.254 e. The Bertz CT molecular complexity index is 470. The molecule has 0 aliphatic heterocycles. The first-order valence-corrected chi connectivity index (χ1v) is 7.43. The minimum atomic E-state index is 0.0485. The topological polar surface area (TPSA) is 40.5 Å². The molecule has 4 heteroatoms. The zero-order valence-corrected chi connectivity index (χ0v) is 12.6. The first-order chi connectivity index (χ1) is 9.10. The van der Waals surface area contributed by atoms with Gasteiger partial charge in [0.05, 0.1) is 17.0 Å². The highest BCUT2D eigenvalue weighted by molar-refractivity contribution is 7.10. The molecule has 1 aromatic rings. The molecule has 0 aliphatic rings. The maximum atomic E-state index is 12.2. The van der Waals surface area contributed by atoms with E-state index >= 15 is 0 Å². The normalized spacial score (nSPS) is 11.6. The van der Waals surface area contributed by atoms with Gasteiger partial charge in [-0.1, -0.05) is 25.2 Å². The van der Waals surface area contributed by atoms with Crippen LogP contribution in [0, 0.1) is 11.8 Å². The van der Waals surface area contributed by atoms with E-state index in [1.54, 1.807) is 4.90 Å². The Morgan fingerprint density at radius 3 is 2.95 bits per heavy atom. The molecule has 1 N–H and O–H groups in total. The van der Waals surface area contributed by atoms with Gasteiger partial charge in [0.2, 0.25) is 0 Å². The van der Waals surface area contributed by atoms with Crippen molar-refractivity contribution in [2.75, 3.05) is 13.7 Å². The molecular weight excluding hydrogens is 258 g/mol. The highest BCUT2D eigenvalue weighted by atomic mass is 32.1. The molecule has 0 fully saturated rings. The molecule has 3 nitrogen and oxygen atoms in total. The molecule has 1 amide bonds. The first kappa shape index (κ1) is 15.7. The molecule has 0 saturated carbocycles. The molecule has 1 unspecified atom stereocenters. The smallest absolute Gasteiger partial charge is 0.254 e. The van der Waals surface area contributed by atoms with Crippen LogP contribution >= 0.6 is 11.3 Å². The predicted octanol–water partition coefficient (Wildman–Crippen LogP) is 2.74. The Hall–Kier alpha value is -1.31. The molecule has 19 heavy (non-hydrogen) atoms. The van der Waals surface area contributed by atoms with Gasteiger partial charge in [0.1, 0.15) is 0 Å². The summed E-state index contributed by atoms with van der Waals surface area (Å²) in [6.45, 7) is 4.26. The van der Waals surface area contributed by atoms with E-state index in [-0.39, 0.29) is 18.6 Å². The van der Waals surface area contributed by atoms with Gasteiger partial charge in [-0.2, -0.15) is 0 Å². The second-order valence-electron chi connectivity index (χ2n) is 4.53. The van der Waals surface area contributed by atoms with E-state index in [0.717, 1.165) is 17.7 Å². The highest BCUT2D eigenvalue weighted by Gasteiger charge is 2.17. The largest absolute Gasteiger partial charge is 0.395 e. The molecule has 0 spiro atoms. The molecule has 0 bridgehead atoms. The van der Waals surface area contributed by atoms with Crippen LogP contribution in [0.3, 0.4) is 0 Å². The van der Waals surface area contributed by atoms with Crippen LogP contribution in [-0.2, 0) is 0 Å². The Morgan fingerprint density at radius 2 is 2.32 bits per heavy atom. The Balaban J connectivity index is 2.71. The van der Waals surface area contributed by atoms with Crippen molar-refractivity contribution in [1.82, 2.24) is 4.90 Å². The molecule has 1 rings (SSSR count). The molecular formula is C15H21NO2S. The molecule has 1 aromatic heterocycles. The monoisotopic (exact) mass is 279 g/mol. The van der Waals surface area contributed by atoms with Crippen LogP contribution in [0.25, 0.3) is 0 Å². The Morgan fingerprint density at radius 1 is 1.58 bits per heavy atom. The fraction of sp³-hybridized carbons (Fsp3) is 0.533. The van der Waals surface area contributed by atoms with Crippen molar-refractivity contribution in [1.29, 1.82) is 0 Å². The molecule has 0 aromatic carbocycles. The summed E-state index contributed by atoms with van der Waals surface area (Å²) in [5.41, 5.74) is 0.698. The molecule has 0 aliphatic carbocycles. The lowest BCUT2D eigenvalue weighted by Gasteiger charge is -2.24. The fourth-order valence-electron chi connectivity index (χ4n) is 1.73. The Kier molecular flexibility index (Phi) is 6.61. The van der Waals surface area contributed by atoms with Gasteiger partial charge in [0, 0.05) is 24.9 Å². The van der Waals surface area contributed by atoms with Crippen LogP contribution in [0.4, 0.5) is 0 Å². The van der Waals surface area contributed by atoms with Crippen LogP contribution < -0.4 is 0 Å². The van der Waals surface area contributed by atoms with Gasteiger partial charge in [0.25, 0.3) is 5.91 Å². The van der Waals surface area contributed by atoms with Gasteiger partial charge in [0.15, 0.2) is 0 Å². The minimum absolute atomic E-state index is 0.0485. The number of hydrogen-bond donors (Lipinski definition) is 1. The zero-order valence-electron chi connectivity index (χ0n) is 11.8. The van der Waals surface area contributed by atoms with Crippen LogP contribution in [0.5, 0.6) is 0 Å². The average molecular weight is 279 g/mol. The number of carbonyl (C=O) groups excluding carboxylic acids is 1. The number of amides is 1. The number of hydrogen-bond acceptors (Lipinski definition) is 3. The van der Waals surface area contributed by atoms with Crippen LogP contribution in [0.1, 0.15) is 48.3 Å². The van der Waals surface area contributed by atoms with Crippen molar-refractivity contribution < 1.29 is 9.90 Å². The van der Waals surface area contributed by atoms with Crippen molar-refractivity contribution in [2.24, 2.45) is 0 Å². The van der Waals surface area contributed by atoms with E-state index < -0.39 is 0 Å². The molecule has 0 saturated heterocycles. The van der Waals surface area contributed by atoms with Gasteiger partial charge in [-0.15, -0.1) is 11.3 Å². The summed E-state index contributed by atoms with van der Waals surface area (Å²) in [4.78, 5) is 14.9. The van der Waals surface area contributed by atoms with Gasteiger partial charge < -0.3 is 10.0 Å². The first-order valence-electron chi connectivity index (χ1n) is 6.55. The van der Waals surface area contributed by atoms with Crippen molar-refractivity contribution in [2.45, 2.75) is 39.2 Å². The van der Waals surface area contributed by atoms with Crippen LogP contribution in [0.15, 0.2) is 11.4 Å². The number of rotatable bonds is 5. The van der Waals surface area contributed by atoms with Gasteiger partial charge in [-0.3, -0.25) is 4.79 Å². The predicted molar refractivity (Wildman–Crippen MR) is 79.4 cm³/mol. The third-order valence-electron chi connectivity index (χ3n) is 2.98. The highest BCUT2D eigenvalue weighted by Crippen LogP contribution is 2.17. The lowest BCUT2D eigenvalue weighted by atomic mass is 10.1. The second kappa shape index (κ2) is 7.98. The molecule has 0 radical (unpaired) electrons. The lowest BCUT2D eigenvalue weighted by molar-refractivity contribution is 0.0737. The van der Waals surface area contributed by atoms with Gasteiger partial charge in [-0.25, -0.2) is 0 Å². The SMILES string of the molecule is CCCC(C)N(C)C(=O)c1csc(C#CCCO)c1. The van der Waals surface area contributed by atoms with E-state index in [1.165, 1.54) is 11.3 Å². The van der Waals surface area contributed by atoms with Crippen LogP contribution in [-0.4, -0.2) is 35.6 Å². The maximum absolute atomic E-state index is 12.2. The third-order valence-corrected chi connectivity index (χ3v) is 3.83. The molecule has 1 atom stereocenters.